The van der Waals surface area contributed by atoms with Crippen LogP contribution in [0.25, 0.3) is 5.57 Å². The Morgan fingerprint density at radius 3 is 2.06 bits per heavy atom. The molecule has 0 radical (unpaired) electrons. The maximum atomic E-state index is 6.46. The molecule has 0 fully saturated rings. The van der Waals surface area contributed by atoms with Crippen LogP contribution in [-0.2, 0) is 11.2 Å². The Hall–Kier alpha value is -2.42. The Bertz CT molecular complexity index is 1170. The van der Waals surface area contributed by atoms with Crippen molar-refractivity contribution in [2.24, 2.45) is 10.9 Å². The van der Waals surface area contributed by atoms with E-state index in [1.54, 1.807) is 0 Å². The van der Waals surface area contributed by atoms with Gasteiger partial charge in [-0.2, -0.15) is 0 Å². The molecule has 1 rings (SSSR count). The number of halogens is 1. The van der Waals surface area contributed by atoms with Crippen LogP contribution in [0.2, 0.25) is 5.02 Å². The topological polar surface area (TPSA) is 21.6 Å². The molecule has 0 saturated heterocycles. The summed E-state index contributed by atoms with van der Waals surface area (Å²) in [4.78, 5) is 4.21. The monoisotopic (exact) mass is 680 g/mol. The van der Waals surface area contributed by atoms with Crippen molar-refractivity contribution >= 4 is 23.4 Å². The predicted molar refractivity (Wildman–Crippen MR) is 222 cm³/mol. The summed E-state index contributed by atoms with van der Waals surface area (Å²) in [6.45, 7) is 32.1. The zero-order valence-electron chi connectivity index (χ0n) is 33.4. The molecule has 0 heterocycles. The van der Waals surface area contributed by atoms with E-state index in [9.17, 15) is 0 Å². The first-order valence-electron chi connectivity index (χ1n) is 18.9. The fourth-order valence-corrected chi connectivity index (χ4v) is 4.97. The van der Waals surface area contributed by atoms with Crippen molar-refractivity contribution in [1.29, 1.82) is 0 Å². The van der Waals surface area contributed by atoms with Crippen LogP contribution in [0.4, 0.5) is 0 Å². The highest BCUT2D eigenvalue weighted by atomic mass is 35.5. The number of allylic oxidation sites excluding steroid dienone is 11. The Labute approximate surface area is 304 Å². The third kappa shape index (κ3) is 23.8. The molecule has 272 valence electrons. The highest BCUT2D eigenvalue weighted by Gasteiger charge is 2.17. The lowest BCUT2D eigenvalue weighted by molar-refractivity contribution is 0.135. The number of hydrogen-bond acceptors (Lipinski definition) is 2. The summed E-state index contributed by atoms with van der Waals surface area (Å²) in [5.74, 6) is 0.373. The zero-order valence-corrected chi connectivity index (χ0v) is 34.2. The van der Waals surface area contributed by atoms with Crippen molar-refractivity contribution < 1.29 is 4.74 Å². The minimum Gasteiger partial charge on any atom is -0.381 e. The van der Waals surface area contributed by atoms with Gasteiger partial charge in [0.15, 0.2) is 0 Å². The molecular formula is C45H74ClNO. The van der Waals surface area contributed by atoms with Crippen molar-refractivity contribution in [1.82, 2.24) is 0 Å². The summed E-state index contributed by atoms with van der Waals surface area (Å²) in [5.41, 5.74) is 10.7. The molecule has 1 aromatic rings. The van der Waals surface area contributed by atoms with Crippen LogP contribution in [0.1, 0.15) is 158 Å². The van der Waals surface area contributed by atoms with Gasteiger partial charge in [0.25, 0.3) is 0 Å². The fraction of sp³-hybridized carbons (Fsp3) is 0.578. The van der Waals surface area contributed by atoms with Gasteiger partial charge in [-0.15, -0.1) is 0 Å². The molecule has 0 aliphatic rings. The number of hydrogen-bond donors (Lipinski definition) is 0. The molecule has 1 atom stereocenters. The number of ether oxygens (including phenoxy) is 1. The fourth-order valence-electron chi connectivity index (χ4n) is 4.80. The standard InChI is InChI=1S/C29H43Cl.C10H17N.C6H14O/c1-8-12-15-25(18-17-22(5)11-4)23(6)24(7)28(16-13-9-2)29-21-27(30)20-19-26(29)14-10-3;1-5-6-10(4)11-8-7-9(2)3;1-3-5-7-6-4-2/h15,17-21,23H,5,8-14,16H2,1-4,6-7H3;6-8H,5H2,1-4H3;3-6H2,1-2H3/b18-17-,25-15+,28-24+;10-6+,11-8?;. The van der Waals surface area contributed by atoms with Gasteiger partial charge in [0.2, 0.25) is 0 Å². The van der Waals surface area contributed by atoms with Crippen LogP contribution >= 0.6 is 11.6 Å². The Kier molecular flexibility index (Phi) is 31.6. The van der Waals surface area contributed by atoms with E-state index in [2.05, 4.69) is 124 Å². The minimum atomic E-state index is 0.373. The molecule has 0 saturated carbocycles. The molecule has 1 unspecified atom stereocenters. The Balaban J connectivity index is 0. The molecule has 3 heteroatoms. The van der Waals surface area contributed by atoms with E-state index in [0.717, 1.165) is 75.3 Å². The lowest BCUT2D eigenvalue weighted by Crippen LogP contribution is -2.05. The van der Waals surface area contributed by atoms with E-state index in [1.807, 2.05) is 25.3 Å². The molecule has 0 amide bonds. The maximum absolute atomic E-state index is 6.46. The number of benzene rings is 1. The predicted octanol–water partition coefficient (Wildman–Crippen LogP) is 15.3. The summed E-state index contributed by atoms with van der Waals surface area (Å²) >= 11 is 6.46. The van der Waals surface area contributed by atoms with Gasteiger partial charge in [0.05, 0.1) is 0 Å². The van der Waals surface area contributed by atoms with E-state index in [1.165, 1.54) is 58.3 Å². The van der Waals surface area contributed by atoms with Gasteiger partial charge in [0.1, 0.15) is 0 Å². The molecule has 0 bridgehead atoms. The van der Waals surface area contributed by atoms with Crippen LogP contribution in [0.15, 0.2) is 88.1 Å². The van der Waals surface area contributed by atoms with E-state index in [0.29, 0.717) is 5.92 Å². The summed E-state index contributed by atoms with van der Waals surface area (Å²) in [7, 11) is 0. The Morgan fingerprint density at radius 2 is 1.54 bits per heavy atom. The zero-order chi connectivity index (χ0) is 36.7. The van der Waals surface area contributed by atoms with Gasteiger partial charge >= 0.3 is 0 Å². The first-order chi connectivity index (χ1) is 23.0. The number of unbranched alkanes of at least 4 members (excludes halogenated alkanes) is 2. The van der Waals surface area contributed by atoms with Crippen molar-refractivity contribution in [3.63, 3.8) is 0 Å². The maximum Gasteiger partial charge on any atom is 0.0463 e. The molecular weight excluding hydrogens is 606 g/mol. The second kappa shape index (κ2) is 31.8. The highest BCUT2D eigenvalue weighted by molar-refractivity contribution is 6.30. The second-order valence-electron chi connectivity index (χ2n) is 12.8. The summed E-state index contributed by atoms with van der Waals surface area (Å²) in [6.07, 6.45) is 25.2. The van der Waals surface area contributed by atoms with E-state index in [4.69, 9.17) is 16.3 Å². The smallest absolute Gasteiger partial charge is 0.0463 e. The Morgan fingerprint density at radius 1 is 0.875 bits per heavy atom. The molecule has 0 aromatic heterocycles. The largest absolute Gasteiger partial charge is 0.381 e. The van der Waals surface area contributed by atoms with E-state index in [-0.39, 0.29) is 0 Å². The lowest BCUT2D eigenvalue weighted by atomic mass is 9.83. The molecule has 48 heavy (non-hydrogen) atoms. The SMILES string of the molecule is C=C(/C=C\C(=C/CCC)C(C)/C(C)=C(\CCCC)c1cc(Cl)ccc1CCC)CC.CC/C=C(\C)N=CC=C(C)C.CCCOCCC. The average molecular weight is 681 g/mol. The van der Waals surface area contributed by atoms with Crippen molar-refractivity contribution in [2.45, 2.75) is 154 Å². The number of aryl methyl sites for hydroxylation is 1. The lowest BCUT2D eigenvalue weighted by Gasteiger charge is -2.22. The summed E-state index contributed by atoms with van der Waals surface area (Å²) in [5, 5.41) is 0.834. The van der Waals surface area contributed by atoms with Gasteiger partial charge < -0.3 is 4.74 Å². The number of nitrogens with zero attached hydrogens (tertiary/aromatic N) is 1. The van der Waals surface area contributed by atoms with E-state index < -0.39 is 0 Å². The van der Waals surface area contributed by atoms with E-state index >= 15 is 0 Å². The van der Waals surface area contributed by atoms with Gasteiger partial charge in [-0.1, -0.05) is 140 Å². The first kappa shape index (κ1) is 47.7. The third-order valence-electron chi connectivity index (χ3n) is 7.84. The third-order valence-corrected chi connectivity index (χ3v) is 8.07. The van der Waals surface area contributed by atoms with Crippen LogP contribution < -0.4 is 0 Å². The van der Waals surface area contributed by atoms with Gasteiger partial charge in [-0.3, -0.25) is 4.99 Å². The van der Waals surface area contributed by atoms with Crippen LogP contribution in [0, 0.1) is 5.92 Å². The highest BCUT2D eigenvalue weighted by Crippen LogP contribution is 2.35. The van der Waals surface area contributed by atoms with Crippen LogP contribution in [0.3, 0.4) is 0 Å². The quantitative estimate of drug-likeness (QED) is 0.0763. The van der Waals surface area contributed by atoms with Gasteiger partial charge in [0, 0.05) is 36.1 Å². The van der Waals surface area contributed by atoms with Gasteiger partial charge in [-0.05, 0) is 120 Å². The van der Waals surface area contributed by atoms with Gasteiger partial charge in [-0.25, -0.2) is 0 Å². The molecule has 0 aliphatic heterocycles. The molecule has 0 N–H and O–H groups in total. The summed E-state index contributed by atoms with van der Waals surface area (Å²) < 4.78 is 5.13. The number of rotatable bonds is 20. The second-order valence-corrected chi connectivity index (χ2v) is 13.2. The summed E-state index contributed by atoms with van der Waals surface area (Å²) in [6, 6.07) is 6.46. The normalized spacial score (nSPS) is 13.0. The van der Waals surface area contributed by atoms with Crippen molar-refractivity contribution in [3.8, 4) is 0 Å². The van der Waals surface area contributed by atoms with Crippen molar-refractivity contribution in [2.75, 3.05) is 13.2 Å². The number of aliphatic imine (C=N–C) groups is 1. The minimum absolute atomic E-state index is 0.373. The molecule has 0 spiro atoms. The molecule has 2 nitrogen and oxygen atoms in total. The molecule has 0 aliphatic carbocycles. The molecule has 1 aromatic carbocycles. The first-order valence-corrected chi connectivity index (χ1v) is 19.3. The van der Waals surface area contributed by atoms with Crippen LogP contribution in [-0.4, -0.2) is 19.4 Å². The average Bonchev–Trinajstić information content (AvgIpc) is 3.06. The van der Waals surface area contributed by atoms with Crippen LogP contribution in [0.5, 0.6) is 0 Å². The van der Waals surface area contributed by atoms with Crippen molar-refractivity contribution in [3.05, 3.63) is 99.3 Å².